The topological polar surface area (TPSA) is 78.1 Å². The van der Waals surface area contributed by atoms with E-state index in [4.69, 9.17) is 4.74 Å². The molecule has 4 aromatic rings. The molecule has 0 aliphatic heterocycles. The number of aryl methyl sites for hydroxylation is 2. The molecule has 0 radical (unpaired) electrons. The van der Waals surface area contributed by atoms with Crippen molar-refractivity contribution in [1.29, 1.82) is 0 Å². The third-order valence-corrected chi connectivity index (χ3v) is 4.94. The van der Waals surface area contributed by atoms with Crippen LogP contribution in [0.15, 0.2) is 65.8 Å². The summed E-state index contributed by atoms with van der Waals surface area (Å²) >= 11 is 0. The Hall–Kier alpha value is -3.87. The van der Waals surface area contributed by atoms with Crippen molar-refractivity contribution in [1.82, 2.24) is 14.1 Å². The first-order valence-electron chi connectivity index (χ1n) is 9.51. The third-order valence-electron chi connectivity index (χ3n) is 4.94. The molecule has 2 aromatic carbocycles. The fraction of sp³-hybridized carbons (Fsp3) is 0.174. The maximum absolute atomic E-state index is 13.1. The molecule has 1 amide bonds. The van der Waals surface area contributed by atoms with Crippen LogP contribution in [0.1, 0.15) is 5.56 Å². The summed E-state index contributed by atoms with van der Waals surface area (Å²) in [5.41, 5.74) is 4.24. The van der Waals surface area contributed by atoms with Crippen LogP contribution in [0.4, 0.5) is 5.69 Å². The zero-order chi connectivity index (χ0) is 21.3. The van der Waals surface area contributed by atoms with Gasteiger partial charge in [-0.15, -0.1) is 0 Å². The normalized spacial score (nSPS) is 10.9. The Morgan fingerprint density at radius 3 is 2.73 bits per heavy atom. The maximum atomic E-state index is 13.1. The highest BCUT2D eigenvalue weighted by atomic mass is 16.5. The van der Waals surface area contributed by atoms with Gasteiger partial charge in [0.05, 0.1) is 13.4 Å². The first-order valence-corrected chi connectivity index (χ1v) is 9.51. The first kappa shape index (κ1) is 19.4. The Morgan fingerprint density at radius 2 is 1.97 bits per heavy atom. The van der Waals surface area contributed by atoms with Crippen molar-refractivity contribution in [3.63, 3.8) is 0 Å². The summed E-state index contributed by atoms with van der Waals surface area (Å²) in [6.07, 6.45) is 3.29. The number of nitrogens with one attached hydrogen (secondary N) is 1. The van der Waals surface area contributed by atoms with Crippen LogP contribution >= 0.6 is 0 Å². The maximum Gasteiger partial charge on any atom is 0.278 e. The molecule has 0 aliphatic carbocycles. The fourth-order valence-corrected chi connectivity index (χ4v) is 3.51. The van der Waals surface area contributed by atoms with Gasteiger partial charge in [-0.3, -0.25) is 14.2 Å². The molecule has 1 N–H and O–H groups in total. The number of rotatable bonds is 5. The molecule has 2 aromatic heterocycles. The molecule has 0 atom stereocenters. The second-order valence-electron chi connectivity index (χ2n) is 7.18. The number of ether oxygens (including phenoxy) is 1. The van der Waals surface area contributed by atoms with Crippen LogP contribution < -0.4 is 15.6 Å². The molecule has 0 saturated heterocycles. The number of hydrogen-bond donors (Lipinski definition) is 1. The predicted molar refractivity (Wildman–Crippen MR) is 117 cm³/mol. The van der Waals surface area contributed by atoms with Gasteiger partial charge in [0.15, 0.2) is 0 Å². The lowest BCUT2D eigenvalue weighted by molar-refractivity contribution is -0.116. The monoisotopic (exact) mass is 402 g/mol. The fourth-order valence-electron chi connectivity index (χ4n) is 3.51. The summed E-state index contributed by atoms with van der Waals surface area (Å²) in [4.78, 5) is 30.0. The highest BCUT2D eigenvalue weighted by molar-refractivity contribution is 5.93. The Morgan fingerprint density at radius 1 is 1.17 bits per heavy atom. The van der Waals surface area contributed by atoms with Crippen LogP contribution in [0.5, 0.6) is 5.75 Å². The molecular weight excluding hydrogens is 380 g/mol. The van der Waals surface area contributed by atoms with E-state index in [0.717, 1.165) is 22.4 Å². The minimum Gasteiger partial charge on any atom is -0.497 e. The lowest BCUT2D eigenvalue weighted by Crippen LogP contribution is -2.28. The van der Waals surface area contributed by atoms with Crippen LogP contribution in [0, 0.1) is 6.92 Å². The Kier molecular flexibility index (Phi) is 5.10. The van der Waals surface area contributed by atoms with E-state index in [1.165, 1.54) is 10.9 Å². The molecule has 152 valence electrons. The molecule has 0 unspecified atom stereocenters. The standard InChI is InChI=1S/C23H22N4O3/c1-15-6-4-8-17(10-15)25-20(28)13-27-14-24-21-19(12-26(2)22(21)23(27)29)16-7-5-9-18(11-16)30-3/h4-12,14H,13H2,1-3H3,(H,25,28). The van der Waals surface area contributed by atoms with Gasteiger partial charge in [-0.25, -0.2) is 4.98 Å². The van der Waals surface area contributed by atoms with Crippen molar-refractivity contribution >= 4 is 22.6 Å². The van der Waals surface area contributed by atoms with Gasteiger partial charge in [-0.2, -0.15) is 0 Å². The van der Waals surface area contributed by atoms with Gasteiger partial charge in [-0.05, 0) is 42.3 Å². The number of nitrogens with zero attached hydrogens (tertiary/aromatic N) is 3. The predicted octanol–water partition coefficient (Wildman–Crippen LogP) is 3.36. The van der Waals surface area contributed by atoms with Crippen LogP contribution in [0.3, 0.4) is 0 Å². The highest BCUT2D eigenvalue weighted by Gasteiger charge is 2.16. The van der Waals surface area contributed by atoms with Crippen LogP contribution in [-0.4, -0.2) is 27.1 Å². The van der Waals surface area contributed by atoms with Crippen molar-refractivity contribution in [3.8, 4) is 16.9 Å². The largest absolute Gasteiger partial charge is 0.497 e. The van der Waals surface area contributed by atoms with Crippen molar-refractivity contribution in [3.05, 3.63) is 77.0 Å². The number of amides is 1. The van der Waals surface area contributed by atoms with Crippen molar-refractivity contribution in [2.75, 3.05) is 12.4 Å². The van der Waals surface area contributed by atoms with Gasteiger partial charge in [0.25, 0.3) is 5.56 Å². The SMILES string of the molecule is COc1cccc(-c2cn(C)c3c(=O)n(CC(=O)Nc4cccc(C)c4)cnc23)c1. The summed E-state index contributed by atoms with van der Waals surface area (Å²) in [6, 6.07) is 15.1. The van der Waals surface area contributed by atoms with Crippen molar-refractivity contribution in [2.24, 2.45) is 7.05 Å². The quantitative estimate of drug-likeness (QED) is 0.555. The van der Waals surface area contributed by atoms with E-state index in [2.05, 4.69) is 10.3 Å². The Balaban J connectivity index is 1.67. The van der Waals surface area contributed by atoms with Gasteiger partial charge >= 0.3 is 0 Å². The number of methoxy groups -OCH3 is 1. The first-order chi connectivity index (χ1) is 14.5. The minimum atomic E-state index is -0.286. The smallest absolute Gasteiger partial charge is 0.278 e. The molecule has 0 spiro atoms. The van der Waals surface area contributed by atoms with Crippen molar-refractivity contribution < 1.29 is 9.53 Å². The van der Waals surface area contributed by atoms with Crippen LogP contribution in [0.2, 0.25) is 0 Å². The Bertz CT molecular complexity index is 1300. The van der Waals surface area contributed by atoms with Gasteiger partial charge in [0.2, 0.25) is 5.91 Å². The number of aromatic nitrogens is 3. The summed E-state index contributed by atoms with van der Waals surface area (Å²) in [6.45, 7) is 1.84. The van der Waals surface area contributed by atoms with Gasteiger partial charge in [-0.1, -0.05) is 24.3 Å². The molecule has 7 nitrogen and oxygen atoms in total. The molecule has 0 bridgehead atoms. The number of carbonyl (C=O) groups is 1. The second-order valence-corrected chi connectivity index (χ2v) is 7.18. The van der Waals surface area contributed by atoms with E-state index < -0.39 is 0 Å². The number of carbonyl (C=O) groups excluding carboxylic acids is 1. The Labute approximate surface area is 173 Å². The lowest BCUT2D eigenvalue weighted by Gasteiger charge is -2.08. The highest BCUT2D eigenvalue weighted by Crippen LogP contribution is 2.29. The molecule has 4 rings (SSSR count). The zero-order valence-corrected chi connectivity index (χ0v) is 17.0. The molecular formula is C23H22N4O3. The van der Waals surface area contributed by atoms with Gasteiger partial charge in [0.1, 0.15) is 23.3 Å². The molecule has 2 heterocycles. The molecule has 30 heavy (non-hydrogen) atoms. The van der Waals surface area contributed by atoms with E-state index in [1.54, 1.807) is 18.7 Å². The summed E-state index contributed by atoms with van der Waals surface area (Å²) < 4.78 is 8.37. The minimum absolute atomic E-state index is 0.116. The van der Waals surface area contributed by atoms with Gasteiger partial charge in [0, 0.05) is 24.5 Å². The number of anilines is 1. The lowest BCUT2D eigenvalue weighted by atomic mass is 10.1. The third kappa shape index (κ3) is 3.69. The molecule has 0 aliphatic rings. The second kappa shape index (κ2) is 7.87. The van der Waals surface area contributed by atoms with E-state index in [-0.39, 0.29) is 18.0 Å². The number of hydrogen-bond acceptors (Lipinski definition) is 4. The average Bonchev–Trinajstić information content (AvgIpc) is 3.07. The van der Waals surface area contributed by atoms with E-state index >= 15 is 0 Å². The van der Waals surface area contributed by atoms with Gasteiger partial charge < -0.3 is 14.6 Å². The van der Waals surface area contributed by atoms with Crippen LogP contribution in [0.25, 0.3) is 22.2 Å². The van der Waals surface area contributed by atoms with E-state index in [0.29, 0.717) is 16.7 Å². The number of fused-ring (bicyclic) bond motifs is 1. The van der Waals surface area contributed by atoms with E-state index in [1.807, 2.05) is 61.7 Å². The summed E-state index contributed by atoms with van der Waals surface area (Å²) in [5, 5.41) is 2.82. The van der Waals surface area contributed by atoms with Crippen molar-refractivity contribution in [2.45, 2.75) is 13.5 Å². The molecule has 7 heteroatoms. The average molecular weight is 402 g/mol. The van der Waals surface area contributed by atoms with E-state index in [9.17, 15) is 9.59 Å². The summed E-state index contributed by atoms with van der Waals surface area (Å²) in [7, 11) is 3.41. The zero-order valence-electron chi connectivity index (χ0n) is 17.0. The molecule has 0 saturated carbocycles. The van der Waals surface area contributed by atoms with Crippen LogP contribution in [-0.2, 0) is 18.4 Å². The summed E-state index contributed by atoms with van der Waals surface area (Å²) in [5.74, 6) is 0.441. The molecule has 0 fully saturated rings. The number of benzene rings is 2.